The minimum absolute atomic E-state index is 0.222. The SMILES string of the molecule is CCCCCN1CC=C(c2c[nH]c3ccc(NC(=O)c4cccc(C=O)c4)cc23)CC1. The van der Waals surface area contributed by atoms with Gasteiger partial charge in [-0.2, -0.15) is 0 Å². The Morgan fingerprint density at radius 1 is 1.19 bits per heavy atom. The van der Waals surface area contributed by atoms with E-state index in [4.69, 9.17) is 0 Å². The zero-order valence-electron chi connectivity index (χ0n) is 18.0. The Kier molecular flexibility index (Phi) is 6.63. The molecule has 0 unspecified atom stereocenters. The molecule has 1 aliphatic heterocycles. The maximum Gasteiger partial charge on any atom is 0.255 e. The molecule has 1 amide bonds. The van der Waals surface area contributed by atoms with Crippen molar-refractivity contribution in [2.75, 3.05) is 25.0 Å². The van der Waals surface area contributed by atoms with Crippen molar-refractivity contribution in [1.82, 2.24) is 9.88 Å². The van der Waals surface area contributed by atoms with Gasteiger partial charge >= 0.3 is 0 Å². The predicted molar refractivity (Wildman–Crippen MR) is 127 cm³/mol. The molecule has 1 aliphatic rings. The van der Waals surface area contributed by atoms with Gasteiger partial charge in [-0.25, -0.2) is 0 Å². The summed E-state index contributed by atoms with van der Waals surface area (Å²) in [5.41, 5.74) is 5.33. The third-order valence-electron chi connectivity index (χ3n) is 5.94. The number of fused-ring (bicyclic) bond motifs is 1. The van der Waals surface area contributed by atoms with Gasteiger partial charge in [-0.1, -0.05) is 38.0 Å². The molecule has 0 atom stereocenters. The molecular formula is C26H29N3O2. The predicted octanol–water partition coefficient (Wildman–Crippen LogP) is 5.51. The van der Waals surface area contributed by atoms with E-state index in [0.29, 0.717) is 11.1 Å². The van der Waals surface area contributed by atoms with Crippen molar-refractivity contribution in [3.8, 4) is 0 Å². The topological polar surface area (TPSA) is 65.2 Å². The number of nitrogens with zero attached hydrogens (tertiary/aromatic N) is 1. The molecule has 0 bridgehead atoms. The highest BCUT2D eigenvalue weighted by Gasteiger charge is 2.16. The highest BCUT2D eigenvalue weighted by Crippen LogP contribution is 2.31. The lowest BCUT2D eigenvalue weighted by molar-refractivity contribution is 0.102. The van der Waals surface area contributed by atoms with Crippen LogP contribution in [0.5, 0.6) is 0 Å². The Balaban J connectivity index is 1.50. The molecule has 31 heavy (non-hydrogen) atoms. The summed E-state index contributed by atoms with van der Waals surface area (Å²) >= 11 is 0. The van der Waals surface area contributed by atoms with Crippen molar-refractivity contribution < 1.29 is 9.59 Å². The van der Waals surface area contributed by atoms with Crippen molar-refractivity contribution in [1.29, 1.82) is 0 Å². The second-order valence-corrected chi connectivity index (χ2v) is 8.15. The number of carbonyl (C=O) groups excluding carboxylic acids is 2. The fourth-order valence-corrected chi connectivity index (χ4v) is 4.16. The summed E-state index contributed by atoms with van der Waals surface area (Å²) in [6.07, 6.45) is 10.0. The van der Waals surface area contributed by atoms with Gasteiger partial charge in [-0.3, -0.25) is 14.5 Å². The summed E-state index contributed by atoms with van der Waals surface area (Å²) in [5.74, 6) is -0.222. The van der Waals surface area contributed by atoms with Crippen LogP contribution in [0.1, 0.15) is 58.9 Å². The van der Waals surface area contributed by atoms with E-state index in [2.05, 4.69) is 34.4 Å². The van der Waals surface area contributed by atoms with Crippen LogP contribution in [-0.2, 0) is 0 Å². The molecule has 0 saturated carbocycles. The molecule has 0 fully saturated rings. The van der Waals surface area contributed by atoms with E-state index >= 15 is 0 Å². The van der Waals surface area contributed by atoms with E-state index in [1.807, 2.05) is 18.2 Å². The van der Waals surface area contributed by atoms with Crippen molar-refractivity contribution in [3.63, 3.8) is 0 Å². The highest BCUT2D eigenvalue weighted by atomic mass is 16.1. The number of carbonyl (C=O) groups is 2. The Bertz CT molecular complexity index is 1110. The van der Waals surface area contributed by atoms with Gasteiger partial charge in [0.2, 0.25) is 0 Å². The summed E-state index contributed by atoms with van der Waals surface area (Å²) < 4.78 is 0. The number of aromatic nitrogens is 1. The number of amides is 1. The number of hydrogen-bond acceptors (Lipinski definition) is 3. The Morgan fingerprint density at radius 3 is 2.87 bits per heavy atom. The first-order chi connectivity index (χ1) is 15.2. The molecular weight excluding hydrogens is 386 g/mol. The minimum Gasteiger partial charge on any atom is -0.361 e. The molecule has 3 aromatic rings. The van der Waals surface area contributed by atoms with Crippen LogP contribution >= 0.6 is 0 Å². The molecule has 5 heteroatoms. The van der Waals surface area contributed by atoms with Crippen LogP contribution in [0.25, 0.3) is 16.5 Å². The van der Waals surface area contributed by atoms with Crippen molar-refractivity contribution >= 4 is 34.4 Å². The second-order valence-electron chi connectivity index (χ2n) is 8.15. The third-order valence-corrected chi connectivity index (χ3v) is 5.94. The van der Waals surface area contributed by atoms with Gasteiger partial charge in [0, 0.05) is 52.6 Å². The number of H-pyrrole nitrogens is 1. The van der Waals surface area contributed by atoms with Crippen LogP contribution < -0.4 is 5.32 Å². The number of hydrogen-bond donors (Lipinski definition) is 2. The molecule has 1 aromatic heterocycles. The highest BCUT2D eigenvalue weighted by molar-refractivity contribution is 6.06. The molecule has 0 saturated heterocycles. The first-order valence-corrected chi connectivity index (χ1v) is 11.1. The average Bonchev–Trinajstić information content (AvgIpc) is 3.23. The Hall–Kier alpha value is -3.18. The number of aldehydes is 1. The molecule has 2 aromatic carbocycles. The van der Waals surface area contributed by atoms with Crippen LogP contribution in [0, 0.1) is 0 Å². The van der Waals surface area contributed by atoms with E-state index in [0.717, 1.165) is 42.4 Å². The molecule has 2 heterocycles. The lowest BCUT2D eigenvalue weighted by atomic mass is 9.98. The smallest absolute Gasteiger partial charge is 0.255 e. The van der Waals surface area contributed by atoms with E-state index in [1.165, 1.54) is 36.9 Å². The minimum atomic E-state index is -0.222. The largest absolute Gasteiger partial charge is 0.361 e. The summed E-state index contributed by atoms with van der Waals surface area (Å²) in [5, 5.41) is 4.08. The standard InChI is InChI=1S/C26H29N3O2/c1-2-3-4-12-29-13-10-20(11-14-29)24-17-27-25-9-8-22(16-23(24)25)28-26(31)21-7-5-6-19(15-21)18-30/h5-10,15-18,27H,2-4,11-14H2,1H3,(H,28,31). The lowest BCUT2D eigenvalue weighted by Crippen LogP contribution is -2.29. The van der Waals surface area contributed by atoms with Gasteiger partial charge < -0.3 is 10.3 Å². The summed E-state index contributed by atoms with van der Waals surface area (Å²) in [4.78, 5) is 29.5. The van der Waals surface area contributed by atoms with E-state index < -0.39 is 0 Å². The van der Waals surface area contributed by atoms with Gasteiger partial charge in [-0.05, 0) is 55.3 Å². The van der Waals surface area contributed by atoms with Gasteiger partial charge in [0.1, 0.15) is 6.29 Å². The Labute approximate surface area is 183 Å². The summed E-state index contributed by atoms with van der Waals surface area (Å²) in [7, 11) is 0. The Morgan fingerprint density at radius 2 is 2.10 bits per heavy atom. The quantitative estimate of drug-likeness (QED) is 0.376. The summed E-state index contributed by atoms with van der Waals surface area (Å²) in [6.45, 7) is 5.50. The first-order valence-electron chi connectivity index (χ1n) is 11.1. The van der Waals surface area contributed by atoms with Crippen LogP contribution in [0.4, 0.5) is 5.69 Å². The third kappa shape index (κ3) is 4.94. The molecule has 0 radical (unpaired) electrons. The fourth-order valence-electron chi connectivity index (χ4n) is 4.16. The van der Waals surface area contributed by atoms with Crippen molar-refractivity contribution in [3.05, 3.63) is 71.4 Å². The second kappa shape index (κ2) is 9.75. The van der Waals surface area contributed by atoms with Crippen LogP contribution in [-0.4, -0.2) is 41.7 Å². The zero-order valence-corrected chi connectivity index (χ0v) is 18.0. The number of rotatable bonds is 8. The van der Waals surface area contributed by atoms with Crippen LogP contribution in [0.3, 0.4) is 0 Å². The lowest BCUT2D eigenvalue weighted by Gasteiger charge is -2.26. The summed E-state index contributed by atoms with van der Waals surface area (Å²) in [6, 6.07) is 12.6. The van der Waals surface area contributed by atoms with Gasteiger partial charge in [0.05, 0.1) is 0 Å². The monoisotopic (exact) mass is 415 g/mol. The molecule has 0 aliphatic carbocycles. The van der Waals surface area contributed by atoms with Crippen LogP contribution in [0.2, 0.25) is 0 Å². The van der Waals surface area contributed by atoms with E-state index in [1.54, 1.807) is 24.3 Å². The van der Waals surface area contributed by atoms with E-state index in [-0.39, 0.29) is 5.91 Å². The number of aromatic amines is 1. The van der Waals surface area contributed by atoms with Crippen molar-refractivity contribution in [2.45, 2.75) is 32.6 Å². The normalized spacial score (nSPS) is 14.4. The molecule has 2 N–H and O–H groups in total. The zero-order chi connectivity index (χ0) is 21.6. The van der Waals surface area contributed by atoms with E-state index in [9.17, 15) is 9.59 Å². The maximum absolute atomic E-state index is 12.6. The average molecular weight is 416 g/mol. The number of nitrogens with one attached hydrogen (secondary N) is 2. The first kappa shape index (κ1) is 21.1. The number of unbranched alkanes of at least 4 members (excludes halogenated alkanes) is 2. The number of anilines is 1. The van der Waals surface area contributed by atoms with Crippen LogP contribution in [0.15, 0.2) is 54.7 Å². The number of benzene rings is 2. The fraction of sp³-hybridized carbons (Fsp3) is 0.308. The molecule has 5 nitrogen and oxygen atoms in total. The van der Waals surface area contributed by atoms with Gasteiger partial charge in [0.15, 0.2) is 0 Å². The maximum atomic E-state index is 12.6. The van der Waals surface area contributed by atoms with Gasteiger partial charge in [0.25, 0.3) is 5.91 Å². The molecule has 160 valence electrons. The van der Waals surface area contributed by atoms with Crippen molar-refractivity contribution in [2.24, 2.45) is 0 Å². The molecule has 4 rings (SSSR count). The molecule has 0 spiro atoms. The van der Waals surface area contributed by atoms with Gasteiger partial charge in [-0.15, -0.1) is 0 Å².